The summed E-state index contributed by atoms with van der Waals surface area (Å²) in [6.07, 6.45) is 2.60. The third kappa shape index (κ3) is 4.73. The molecule has 172 valence electrons. The Morgan fingerprint density at radius 2 is 1.78 bits per heavy atom. The third-order valence-electron chi connectivity index (χ3n) is 6.43. The van der Waals surface area contributed by atoms with Crippen LogP contribution in [0.3, 0.4) is 0 Å². The van der Waals surface area contributed by atoms with E-state index in [4.69, 9.17) is 14.0 Å². The van der Waals surface area contributed by atoms with Gasteiger partial charge in [-0.3, -0.25) is 0 Å². The molecule has 2 aliphatic rings. The monoisotopic (exact) mass is 456 g/mol. The summed E-state index contributed by atoms with van der Waals surface area (Å²) in [6, 6.07) is 8.33. The molecule has 2 aliphatic heterocycles. The Hall–Kier alpha value is -1.90. The van der Waals surface area contributed by atoms with Crippen LogP contribution < -0.4 is 5.46 Å². The van der Waals surface area contributed by atoms with Gasteiger partial charge in [0.25, 0.3) is 0 Å². The molecular formula is C24H33BN2O4S. The molecule has 32 heavy (non-hydrogen) atoms. The van der Waals surface area contributed by atoms with Crippen LogP contribution in [0.4, 0.5) is 4.79 Å². The van der Waals surface area contributed by atoms with Crippen LogP contribution in [0.2, 0.25) is 0 Å². The van der Waals surface area contributed by atoms with Crippen molar-refractivity contribution in [2.24, 2.45) is 0 Å². The lowest BCUT2D eigenvalue weighted by atomic mass is 9.79. The molecule has 1 aromatic carbocycles. The predicted octanol–water partition coefficient (Wildman–Crippen LogP) is 4.83. The van der Waals surface area contributed by atoms with Crippen molar-refractivity contribution in [3.8, 4) is 10.4 Å². The van der Waals surface area contributed by atoms with Crippen LogP contribution in [0.5, 0.6) is 0 Å². The van der Waals surface area contributed by atoms with E-state index in [9.17, 15) is 4.79 Å². The van der Waals surface area contributed by atoms with Crippen LogP contribution in [0.1, 0.15) is 65.8 Å². The molecular weight excluding hydrogens is 423 g/mol. The first-order valence-electron chi connectivity index (χ1n) is 11.2. The highest BCUT2D eigenvalue weighted by Gasteiger charge is 2.51. The van der Waals surface area contributed by atoms with Gasteiger partial charge in [0.15, 0.2) is 0 Å². The summed E-state index contributed by atoms with van der Waals surface area (Å²) in [4.78, 5) is 19.9. The van der Waals surface area contributed by atoms with E-state index in [0.29, 0.717) is 13.1 Å². The molecule has 0 N–H and O–H groups in total. The van der Waals surface area contributed by atoms with E-state index in [-0.39, 0.29) is 30.3 Å². The normalized spacial score (nSPS) is 22.4. The zero-order valence-electron chi connectivity index (χ0n) is 20.1. The summed E-state index contributed by atoms with van der Waals surface area (Å²) in [5.41, 5.74) is 0.960. The molecule has 8 heteroatoms. The van der Waals surface area contributed by atoms with Crippen molar-refractivity contribution in [2.75, 3.05) is 13.1 Å². The van der Waals surface area contributed by atoms with Gasteiger partial charge in [-0.25, -0.2) is 9.78 Å². The molecule has 2 fully saturated rings. The molecule has 2 aromatic rings. The second kappa shape index (κ2) is 8.15. The Morgan fingerprint density at radius 1 is 1.16 bits per heavy atom. The smallest absolute Gasteiger partial charge is 0.444 e. The van der Waals surface area contributed by atoms with E-state index in [2.05, 4.69) is 56.9 Å². The summed E-state index contributed by atoms with van der Waals surface area (Å²) in [5.74, 6) is 0.255. The first-order chi connectivity index (χ1) is 14.8. The molecule has 1 aromatic heterocycles. The summed E-state index contributed by atoms with van der Waals surface area (Å²) in [6.45, 7) is 15.3. The zero-order valence-corrected chi connectivity index (χ0v) is 20.9. The van der Waals surface area contributed by atoms with Crippen LogP contribution in [0.25, 0.3) is 10.4 Å². The average molecular weight is 456 g/mol. The van der Waals surface area contributed by atoms with E-state index in [1.165, 1.54) is 0 Å². The number of benzene rings is 1. The standard InChI is InChI=1S/C24H33BN2O4S/c1-22(2,3)29-21(28)27-13-12-17(15-27)20-26-14-19(32-20)16-8-10-18(11-9-16)25-30-23(4,5)24(6,7)31-25/h8-11,14,17H,12-13,15H2,1-7H3. The number of likely N-dealkylation sites (tertiary alicyclic amines) is 1. The molecule has 0 spiro atoms. The highest BCUT2D eigenvalue weighted by atomic mass is 32.1. The van der Waals surface area contributed by atoms with E-state index >= 15 is 0 Å². The lowest BCUT2D eigenvalue weighted by Crippen LogP contribution is -2.41. The number of hydrogen-bond donors (Lipinski definition) is 0. The number of hydrogen-bond acceptors (Lipinski definition) is 6. The molecule has 2 saturated heterocycles. The van der Waals surface area contributed by atoms with E-state index in [0.717, 1.165) is 27.3 Å². The fourth-order valence-electron chi connectivity index (χ4n) is 3.85. The van der Waals surface area contributed by atoms with Gasteiger partial charge in [-0.15, -0.1) is 11.3 Å². The topological polar surface area (TPSA) is 60.9 Å². The van der Waals surface area contributed by atoms with Gasteiger partial charge in [-0.2, -0.15) is 0 Å². The van der Waals surface area contributed by atoms with Gasteiger partial charge in [0, 0.05) is 25.2 Å². The highest BCUT2D eigenvalue weighted by molar-refractivity contribution is 7.15. The van der Waals surface area contributed by atoms with Crippen molar-refractivity contribution in [3.05, 3.63) is 35.5 Å². The third-order valence-corrected chi connectivity index (χ3v) is 7.64. The van der Waals surface area contributed by atoms with E-state index < -0.39 is 5.60 Å². The minimum atomic E-state index is -0.476. The first kappa shape index (κ1) is 23.3. The molecule has 0 saturated carbocycles. The molecule has 0 aliphatic carbocycles. The van der Waals surface area contributed by atoms with E-state index in [1.54, 1.807) is 16.2 Å². The molecule has 4 rings (SSSR count). The summed E-state index contributed by atoms with van der Waals surface area (Å²) < 4.78 is 17.8. The van der Waals surface area contributed by atoms with Crippen LogP contribution in [0, 0.1) is 0 Å². The van der Waals surface area contributed by atoms with Gasteiger partial charge in [0.05, 0.1) is 21.1 Å². The summed E-state index contributed by atoms with van der Waals surface area (Å²) in [7, 11) is -0.358. The Kier molecular flexibility index (Phi) is 5.93. The molecule has 1 atom stereocenters. The SMILES string of the molecule is CC(C)(C)OC(=O)N1CCC(c2ncc(-c3ccc(B4OC(C)(C)C(C)(C)O4)cc3)s2)C1. The number of carbonyl (C=O) groups is 1. The number of aromatic nitrogens is 1. The minimum absolute atomic E-state index is 0.241. The summed E-state index contributed by atoms with van der Waals surface area (Å²) in [5, 5.41) is 1.07. The van der Waals surface area contributed by atoms with Gasteiger partial charge >= 0.3 is 13.2 Å². The zero-order chi connectivity index (χ0) is 23.3. The molecule has 0 bridgehead atoms. The van der Waals surface area contributed by atoms with Gasteiger partial charge in [0.1, 0.15) is 5.60 Å². The van der Waals surface area contributed by atoms with Gasteiger partial charge < -0.3 is 18.9 Å². The van der Waals surface area contributed by atoms with Crippen molar-refractivity contribution in [3.63, 3.8) is 0 Å². The van der Waals surface area contributed by atoms with Gasteiger partial charge in [0.2, 0.25) is 0 Å². The quantitative estimate of drug-likeness (QED) is 0.619. The molecule has 6 nitrogen and oxygen atoms in total. The largest absolute Gasteiger partial charge is 0.494 e. The van der Waals surface area contributed by atoms with Crippen LogP contribution >= 0.6 is 11.3 Å². The highest BCUT2D eigenvalue weighted by Crippen LogP contribution is 2.37. The fourth-order valence-corrected chi connectivity index (χ4v) is 4.90. The maximum atomic E-state index is 12.4. The van der Waals surface area contributed by atoms with Crippen LogP contribution in [-0.4, -0.2) is 53.0 Å². The number of rotatable bonds is 3. The number of amides is 1. The van der Waals surface area contributed by atoms with Gasteiger partial charge in [-0.05, 0) is 65.9 Å². The number of ether oxygens (including phenoxy) is 1. The molecule has 3 heterocycles. The Bertz CT molecular complexity index is 965. The summed E-state index contributed by atoms with van der Waals surface area (Å²) >= 11 is 1.70. The van der Waals surface area contributed by atoms with E-state index in [1.807, 2.05) is 27.0 Å². The van der Waals surface area contributed by atoms with Crippen molar-refractivity contribution in [2.45, 2.75) is 77.6 Å². The molecule has 0 radical (unpaired) electrons. The maximum Gasteiger partial charge on any atom is 0.494 e. The van der Waals surface area contributed by atoms with Crippen molar-refractivity contribution >= 4 is 30.0 Å². The Balaban J connectivity index is 1.41. The Morgan fingerprint density at radius 3 is 2.38 bits per heavy atom. The second-order valence-corrected chi connectivity index (χ2v) is 11.7. The predicted molar refractivity (Wildman–Crippen MR) is 128 cm³/mol. The first-order valence-corrected chi connectivity index (χ1v) is 12.1. The van der Waals surface area contributed by atoms with Gasteiger partial charge in [-0.1, -0.05) is 24.3 Å². The molecule has 1 unspecified atom stereocenters. The second-order valence-electron chi connectivity index (χ2n) is 10.7. The molecule has 1 amide bonds. The van der Waals surface area contributed by atoms with Crippen molar-refractivity contribution in [1.29, 1.82) is 0 Å². The lowest BCUT2D eigenvalue weighted by molar-refractivity contribution is 0.00578. The van der Waals surface area contributed by atoms with Crippen LogP contribution in [0.15, 0.2) is 30.5 Å². The number of carbonyl (C=O) groups excluding carboxylic acids is 1. The average Bonchev–Trinajstić information content (AvgIpc) is 3.39. The fraction of sp³-hybridized carbons (Fsp3) is 0.583. The van der Waals surface area contributed by atoms with Crippen molar-refractivity contribution in [1.82, 2.24) is 9.88 Å². The minimum Gasteiger partial charge on any atom is -0.444 e. The van der Waals surface area contributed by atoms with Crippen LogP contribution in [-0.2, 0) is 14.0 Å². The Labute approximate surface area is 195 Å². The van der Waals surface area contributed by atoms with Crippen molar-refractivity contribution < 1.29 is 18.8 Å². The number of nitrogens with zero attached hydrogens (tertiary/aromatic N) is 2. The number of thiazole rings is 1. The maximum absolute atomic E-state index is 12.4. The lowest BCUT2D eigenvalue weighted by Gasteiger charge is -2.32.